The van der Waals surface area contributed by atoms with Crippen LogP contribution in [0.3, 0.4) is 0 Å². The van der Waals surface area contributed by atoms with Gasteiger partial charge in [-0.2, -0.15) is 0 Å². The zero-order valence-electron chi connectivity index (χ0n) is 14.5. The van der Waals surface area contributed by atoms with Crippen LogP contribution in [0.25, 0.3) is 0 Å². The molecule has 0 saturated carbocycles. The van der Waals surface area contributed by atoms with Gasteiger partial charge in [0.1, 0.15) is 12.4 Å². The summed E-state index contributed by atoms with van der Waals surface area (Å²) in [6.07, 6.45) is 3.66. The van der Waals surface area contributed by atoms with Gasteiger partial charge in [0.25, 0.3) is 0 Å². The van der Waals surface area contributed by atoms with Gasteiger partial charge in [0, 0.05) is 19.6 Å². The Morgan fingerprint density at radius 2 is 2.12 bits per heavy atom. The third-order valence-electron chi connectivity index (χ3n) is 4.00. The van der Waals surface area contributed by atoms with Gasteiger partial charge in [0.2, 0.25) is 0 Å². The molecule has 132 valence electrons. The summed E-state index contributed by atoms with van der Waals surface area (Å²) < 4.78 is 5.78. The fourth-order valence-electron chi connectivity index (χ4n) is 2.45. The molecule has 0 aromatic heterocycles. The third kappa shape index (κ3) is 6.10. The lowest BCUT2D eigenvalue weighted by molar-refractivity contribution is 0.160. The summed E-state index contributed by atoms with van der Waals surface area (Å²) in [7, 11) is 0. The van der Waals surface area contributed by atoms with Crippen LogP contribution in [0.1, 0.15) is 32.3 Å². The van der Waals surface area contributed by atoms with Gasteiger partial charge in [-0.25, -0.2) is 4.79 Å². The highest BCUT2D eigenvalue weighted by Gasteiger charge is 2.19. The summed E-state index contributed by atoms with van der Waals surface area (Å²) in [4.78, 5) is 18.3. The Kier molecular flexibility index (Phi) is 7.39. The molecule has 2 rings (SSSR count). The molecule has 1 N–H and O–H groups in total. The van der Waals surface area contributed by atoms with E-state index in [1.54, 1.807) is 6.21 Å². The fraction of sp³-hybridized carbons (Fsp3) is 0.556. The summed E-state index contributed by atoms with van der Waals surface area (Å²) in [6, 6.07) is 7.84. The second kappa shape index (κ2) is 9.80. The van der Waals surface area contributed by atoms with Crippen molar-refractivity contribution < 1.29 is 14.4 Å². The lowest BCUT2D eigenvalue weighted by atomic mass is 10.0. The lowest BCUT2D eigenvalue weighted by Gasteiger charge is -2.17. The number of ether oxygens (including phenoxy) is 1. The molecule has 1 fully saturated rings. The molecular weight excluding hydrogens is 306 g/mol. The van der Waals surface area contributed by atoms with E-state index in [0.29, 0.717) is 19.1 Å². The average Bonchev–Trinajstić information content (AvgIpc) is 3.00. The van der Waals surface area contributed by atoms with Gasteiger partial charge in [0.15, 0.2) is 0 Å². The molecular formula is C18H27N3O3. The van der Waals surface area contributed by atoms with Gasteiger partial charge in [-0.1, -0.05) is 12.1 Å². The Hall–Kier alpha value is -2.24. The van der Waals surface area contributed by atoms with Crippen LogP contribution in [0, 0.1) is 5.92 Å². The Labute approximate surface area is 143 Å². The number of rotatable bonds is 10. The summed E-state index contributed by atoms with van der Waals surface area (Å²) in [6.45, 7) is 7.75. The van der Waals surface area contributed by atoms with Crippen molar-refractivity contribution >= 4 is 12.2 Å². The molecule has 2 amide bonds. The summed E-state index contributed by atoms with van der Waals surface area (Å²) in [5, 5.41) is 6.66. The Balaban J connectivity index is 1.63. The Bertz CT molecular complexity index is 531. The van der Waals surface area contributed by atoms with Gasteiger partial charge >= 0.3 is 6.03 Å². The van der Waals surface area contributed by atoms with Crippen LogP contribution >= 0.6 is 0 Å². The first kappa shape index (κ1) is 18.1. The molecule has 1 aromatic carbocycles. The molecule has 6 nitrogen and oxygen atoms in total. The maximum Gasteiger partial charge on any atom is 0.317 e. The summed E-state index contributed by atoms with van der Waals surface area (Å²) in [5.74, 6) is 1.38. The molecule has 0 aliphatic carbocycles. The van der Waals surface area contributed by atoms with Crippen LogP contribution in [0.5, 0.6) is 5.75 Å². The number of nitrogens with one attached hydrogen (secondary N) is 1. The number of oxime groups is 1. The average molecular weight is 333 g/mol. The van der Waals surface area contributed by atoms with Crippen molar-refractivity contribution in [2.75, 3.05) is 32.8 Å². The first-order valence-corrected chi connectivity index (χ1v) is 8.60. The van der Waals surface area contributed by atoms with Crippen molar-refractivity contribution in [1.82, 2.24) is 10.2 Å². The number of nitrogens with zero attached hydrogens (tertiary/aromatic N) is 2. The number of carbonyl (C=O) groups is 1. The van der Waals surface area contributed by atoms with E-state index in [9.17, 15) is 4.79 Å². The van der Waals surface area contributed by atoms with Crippen LogP contribution in [0.2, 0.25) is 0 Å². The number of benzene rings is 1. The SMILES string of the molecule is CCON=Cc1ccc(OCCC(C)CCN2CCNC2=O)cc1. The highest BCUT2D eigenvalue weighted by Crippen LogP contribution is 2.14. The second-order valence-electron chi connectivity index (χ2n) is 5.97. The molecule has 0 radical (unpaired) electrons. The van der Waals surface area contributed by atoms with E-state index in [2.05, 4.69) is 17.4 Å². The first-order chi connectivity index (χ1) is 11.7. The molecule has 24 heavy (non-hydrogen) atoms. The molecule has 1 aliphatic rings. The van der Waals surface area contributed by atoms with Crippen molar-refractivity contribution in [3.05, 3.63) is 29.8 Å². The first-order valence-electron chi connectivity index (χ1n) is 8.60. The second-order valence-corrected chi connectivity index (χ2v) is 5.97. The predicted octanol–water partition coefficient (Wildman–Crippen LogP) is 2.88. The molecule has 1 aliphatic heterocycles. The van der Waals surface area contributed by atoms with Crippen LogP contribution < -0.4 is 10.1 Å². The van der Waals surface area contributed by atoms with Crippen molar-refractivity contribution in [3.63, 3.8) is 0 Å². The molecule has 1 saturated heterocycles. The van der Waals surface area contributed by atoms with E-state index in [0.717, 1.165) is 43.8 Å². The van der Waals surface area contributed by atoms with E-state index in [1.165, 1.54) is 0 Å². The van der Waals surface area contributed by atoms with Gasteiger partial charge in [-0.3, -0.25) is 0 Å². The number of hydrogen-bond donors (Lipinski definition) is 1. The maximum atomic E-state index is 11.5. The van der Waals surface area contributed by atoms with Crippen molar-refractivity contribution in [2.24, 2.45) is 11.1 Å². The molecule has 1 atom stereocenters. The minimum atomic E-state index is 0.0615. The zero-order valence-corrected chi connectivity index (χ0v) is 14.5. The summed E-state index contributed by atoms with van der Waals surface area (Å²) >= 11 is 0. The molecule has 1 unspecified atom stereocenters. The summed E-state index contributed by atoms with van der Waals surface area (Å²) in [5.41, 5.74) is 0.980. The van der Waals surface area contributed by atoms with Crippen molar-refractivity contribution in [3.8, 4) is 5.75 Å². The number of hydrogen-bond acceptors (Lipinski definition) is 4. The fourth-order valence-corrected chi connectivity index (χ4v) is 2.45. The lowest BCUT2D eigenvalue weighted by Crippen LogP contribution is -2.30. The smallest absolute Gasteiger partial charge is 0.317 e. The predicted molar refractivity (Wildman–Crippen MR) is 94.5 cm³/mol. The highest BCUT2D eigenvalue weighted by atomic mass is 16.6. The van der Waals surface area contributed by atoms with E-state index < -0.39 is 0 Å². The number of amides is 2. The maximum absolute atomic E-state index is 11.5. The topological polar surface area (TPSA) is 63.2 Å². The zero-order chi connectivity index (χ0) is 17.2. The third-order valence-corrected chi connectivity index (χ3v) is 4.00. The standard InChI is InChI=1S/C18H27N3O3/c1-3-24-20-14-16-4-6-17(7-5-16)23-13-9-15(2)8-11-21-12-10-19-18(21)22/h4-7,14-15H,3,8-13H2,1-2H3,(H,19,22). The Morgan fingerprint density at radius 1 is 1.33 bits per heavy atom. The van der Waals surface area contributed by atoms with Crippen LogP contribution in [0.15, 0.2) is 29.4 Å². The molecule has 0 spiro atoms. The van der Waals surface area contributed by atoms with Gasteiger partial charge in [-0.05, 0) is 55.5 Å². The quantitative estimate of drug-likeness (QED) is 0.529. The van der Waals surface area contributed by atoms with Gasteiger partial charge in [0.05, 0.1) is 12.8 Å². The van der Waals surface area contributed by atoms with Gasteiger partial charge in [-0.15, -0.1) is 0 Å². The van der Waals surface area contributed by atoms with E-state index >= 15 is 0 Å². The van der Waals surface area contributed by atoms with E-state index in [1.807, 2.05) is 36.1 Å². The van der Waals surface area contributed by atoms with Crippen LogP contribution in [0.4, 0.5) is 4.79 Å². The van der Waals surface area contributed by atoms with Crippen LogP contribution in [-0.4, -0.2) is 50.0 Å². The van der Waals surface area contributed by atoms with E-state index in [4.69, 9.17) is 9.57 Å². The normalized spacial score (nSPS) is 15.6. The van der Waals surface area contributed by atoms with Crippen molar-refractivity contribution in [1.29, 1.82) is 0 Å². The van der Waals surface area contributed by atoms with Crippen LogP contribution in [-0.2, 0) is 4.84 Å². The monoisotopic (exact) mass is 333 g/mol. The Morgan fingerprint density at radius 3 is 2.79 bits per heavy atom. The van der Waals surface area contributed by atoms with Gasteiger partial charge < -0.3 is 19.8 Å². The molecule has 1 heterocycles. The molecule has 1 aromatic rings. The number of urea groups is 1. The van der Waals surface area contributed by atoms with E-state index in [-0.39, 0.29) is 6.03 Å². The molecule has 6 heteroatoms. The number of carbonyl (C=O) groups excluding carboxylic acids is 1. The minimum Gasteiger partial charge on any atom is -0.494 e. The molecule has 0 bridgehead atoms. The minimum absolute atomic E-state index is 0.0615. The van der Waals surface area contributed by atoms with Crippen molar-refractivity contribution in [2.45, 2.75) is 26.7 Å². The largest absolute Gasteiger partial charge is 0.494 e. The highest BCUT2D eigenvalue weighted by molar-refractivity contribution is 5.79.